The van der Waals surface area contributed by atoms with Crippen LogP contribution in [0.3, 0.4) is 0 Å². The van der Waals surface area contributed by atoms with E-state index in [1.54, 1.807) is 0 Å². The Balaban J connectivity index is 2.13. The maximum Gasteiger partial charge on any atom is 0.0197 e. The maximum atomic E-state index is 3.75. The molecule has 1 fully saturated rings. The fourth-order valence-corrected chi connectivity index (χ4v) is 2.33. The lowest BCUT2D eigenvalue weighted by atomic mass is 9.94. The molecule has 0 radical (unpaired) electrons. The summed E-state index contributed by atoms with van der Waals surface area (Å²) in [5.41, 5.74) is 0. The van der Waals surface area contributed by atoms with Crippen LogP contribution in [0, 0.1) is 5.92 Å². The van der Waals surface area contributed by atoms with Gasteiger partial charge >= 0.3 is 0 Å². The third kappa shape index (κ3) is 5.33. The standard InChI is InChI=1S/C13H26N2/c1-4-5-6-9-15(3)11-13-10-12(2)7-8-14-13/h4,12-14H,1,5-11H2,2-3H3. The first kappa shape index (κ1) is 12.7. The van der Waals surface area contributed by atoms with Gasteiger partial charge in [-0.15, -0.1) is 6.58 Å². The van der Waals surface area contributed by atoms with E-state index in [1.807, 2.05) is 6.08 Å². The summed E-state index contributed by atoms with van der Waals surface area (Å²) in [7, 11) is 2.23. The lowest BCUT2D eigenvalue weighted by Gasteiger charge is -2.31. The van der Waals surface area contributed by atoms with E-state index < -0.39 is 0 Å². The van der Waals surface area contributed by atoms with E-state index in [1.165, 1.54) is 38.9 Å². The Kier molecular flexibility index (Phi) is 5.96. The molecule has 15 heavy (non-hydrogen) atoms. The quantitative estimate of drug-likeness (QED) is 0.534. The van der Waals surface area contributed by atoms with Gasteiger partial charge in [0.05, 0.1) is 0 Å². The molecule has 1 N–H and O–H groups in total. The molecule has 2 heteroatoms. The largest absolute Gasteiger partial charge is 0.313 e. The fraction of sp³-hybridized carbons (Fsp3) is 0.846. The summed E-state index contributed by atoms with van der Waals surface area (Å²) in [5.74, 6) is 0.901. The van der Waals surface area contributed by atoms with Crippen molar-refractivity contribution in [2.24, 2.45) is 5.92 Å². The first-order chi connectivity index (χ1) is 7.22. The van der Waals surface area contributed by atoms with Gasteiger partial charge in [0.1, 0.15) is 0 Å². The molecule has 0 aromatic heterocycles. The van der Waals surface area contributed by atoms with Gasteiger partial charge in [-0.3, -0.25) is 0 Å². The predicted octanol–water partition coefficient (Wildman–Crippen LogP) is 2.27. The molecule has 2 atom stereocenters. The highest BCUT2D eigenvalue weighted by Crippen LogP contribution is 2.15. The minimum atomic E-state index is 0.711. The average Bonchev–Trinajstić information content (AvgIpc) is 2.18. The Morgan fingerprint density at radius 3 is 3.00 bits per heavy atom. The topological polar surface area (TPSA) is 15.3 Å². The van der Waals surface area contributed by atoms with Crippen molar-refractivity contribution in [3.05, 3.63) is 12.7 Å². The molecule has 0 spiro atoms. The van der Waals surface area contributed by atoms with Gasteiger partial charge in [-0.05, 0) is 51.7 Å². The molecule has 2 nitrogen and oxygen atoms in total. The lowest BCUT2D eigenvalue weighted by molar-refractivity contribution is 0.234. The molecule has 0 saturated carbocycles. The summed E-state index contributed by atoms with van der Waals surface area (Å²) in [4.78, 5) is 2.44. The lowest BCUT2D eigenvalue weighted by Crippen LogP contribution is -2.44. The fourth-order valence-electron chi connectivity index (χ4n) is 2.33. The molecule has 0 bridgehead atoms. The zero-order chi connectivity index (χ0) is 11.1. The Labute approximate surface area is 94.7 Å². The number of likely N-dealkylation sites (N-methyl/N-ethyl adjacent to an activating group) is 1. The van der Waals surface area contributed by atoms with E-state index in [0.717, 1.165) is 12.3 Å². The molecule has 0 aliphatic carbocycles. The van der Waals surface area contributed by atoms with Crippen LogP contribution in [-0.2, 0) is 0 Å². The van der Waals surface area contributed by atoms with Gasteiger partial charge < -0.3 is 10.2 Å². The Morgan fingerprint density at radius 1 is 1.53 bits per heavy atom. The molecular weight excluding hydrogens is 184 g/mol. The van der Waals surface area contributed by atoms with Crippen molar-refractivity contribution in [1.82, 2.24) is 10.2 Å². The van der Waals surface area contributed by atoms with Gasteiger partial charge in [0, 0.05) is 12.6 Å². The molecule has 1 heterocycles. The summed E-state index contributed by atoms with van der Waals surface area (Å²) in [6, 6.07) is 0.711. The summed E-state index contributed by atoms with van der Waals surface area (Å²) in [6.45, 7) is 9.71. The summed E-state index contributed by atoms with van der Waals surface area (Å²) in [5, 5.41) is 3.61. The van der Waals surface area contributed by atoms with Crippen LogP contribution in [0.25, 0.3) is 0 Å². The number of nitrogens with zero attached hydrogens (tertiary/aromatic N) is 1. The first-order valence-corrected chi connectivity index (χ1v) is 6.25. The highest BCUT2D eigenvalue weighted by atomic mass is 15.1. The van der Waals surface area contributed by atoms with Gasteiger partial charge in [-0.2, -0.15) is 0 Å². The second kappa shape index (κ2) is 7.02. The Hall–Kier alpha value is -0.340. The number of unbranched alkanes of at least 4 members (excludes halogenated alkanes) is 1. The van der Waals surface area contributed by atoms with Crippen LogP contribution in [0.1, 0.15) is 32.6 Å². The molecule has 1 aliphatic heterocycles. The van der Waals surface area contributed by atoms with E-state index in [4.69, 9.17) is 0 Å². The van der Waals surface area contributed by atoms with Crippen LogP contribution in [0.4, 0.5) is 0 Å². The second-order valence-electron chi connectivity index (χ2n) is 4.97. The van der Waals surface area contributed by atoms with Gasteiger partial charge in [-0.25, -0.2) is 0 Å². The smallest absolute Gasteiger partial charge is 0.0197 e. The third-order valence-corrected chi connectivity index (χ3v) is 3.24. The second-order valence-corrected chi connectivity index (χ2v) is 4.97. The van der Waals surface area contributed by atoms with Crippen LogP contribution in [0.15, 0.2) is 12.7 Å². The van der Waals surface area contributed by atoms with Crippen LogP contribution in [-0.4, -0.2) is 37.6 Å². The van der Waals surface area contributed by atoms with Crippen molar-refractivity contribution in [3.8, 4) is 0 Å². The van der Waals surface area contributed by atoms with Crippen molar-refractivity contribution in [3.63, 3.8) is 0 Å². The van der Waals surface area contributed by atoms with Crippen molar-refractivity contribution >= 4 is 0 Å². The molecule has 1 rings (SSSR count). The normalized spacial score (nSPS) is 26.9. The first-order valence-electron chi connectivity index (χ1n) is 6.25. The minimum Gasteiger partial charge on any atom is -0.313 e. The van der Waals surface area contributed by atoms with E-state index in [0.29, 0.717) is 6.04 Å². The number of piperidine rings is 1. The molecule has 0 amide bonds. The van der Waals surface area contributed by atoms with Crippen molar-refractivity contribution in [2.45, 2.75) is 38.6 Å². The van der Waals surface area contributed by atoms with Crippen LogP contribution >= 0.6 is 0 Å². The SMILES string of the molecule is C=CCCCN(C)CC1CC(C)CCN1. The highest BCUT2D eigenvalue weighted by Gasteiger charge is 2.18. The summed E-state index contributed by atoms with van der Waals surface area (Å²) >= 11 is 0. The average molecular weight is 210 g/mol. The molecule has 1 aliphatic rings. The van der Waals surface area contributed by atoms with Gasteiger partial charge in [-0.1, -0.05) is 13.0 Å². The van der Waals surface area contributed by atoms with Crippen molar-refractivity contribution in [2.75, 3.05) is 26.7 Å². The minimum absolute atomic E-state index is 0.711. The molecule has 1 saturated heterocycles. The zero-order valence-electron chi connectivity index (χ0n) is 10.3. The number of nitrogens with one attached hydrogen (secondary N) is 1. The predicted molar refractivity (Wildman–Crippen MR) is 67.1 cm³/mol. The summed E-state index contributed by atoms with van der Waals surface area (Å²) in [6.07, 6.45) is 7.07. The maximum absolute atomic E-state index is 3.75. The van der Waals surface area contributed by atoms with Crippen molar-refractivity contribution < 1.29 is 0 Å². The van der Waals surface area contributed by atoms with Gasteiger partial charge in [0.25, 0.3) is 0 Å². The zero-order valence-corrected chi connectivity index (χ0v) is 10.3. The Morgan fingerprint density at radius 2 is 2.33 bits per heavy atom. The molecule has 0 aromatic rings. The monoisotopic (exact) mass is 210 g/mol. The van der Waals surface area contributed by atoms with Gasteiger partial charge in [0.15, 0.2) is 0 Å². The van der Waals surface area contributed by atoms with Crippen molar-refractivity contribution in [1.29, 1.82) is 0 Å². The van der Waals surface area contributed by atoms with E-state index in [-0.39, 0.29) is 0 Å². The summed E-state index contributed by atoms with van der Waals surface area (Å²) < 4.78 is 0. The highest BCUT2D eigenvalue weighted by molar-refractivity contribution is 4.78. The molecule has 88 valence electrons. The Bertz CT molecular complexity index is 179. The molecule has 2 unspecified atom stereocenters. The number of hydrogen-bond acceptors (Lipinski definition) is 2. The van der Waals surface area contributed by atoms with E-state index in [2.05, 4.69) is 30.8 Å². The van der Waals surface area contributed by atoms with E-state index >= 15 is 0 Å². The van der Waals surface area contributed by atoms with Crippen LogP contribution < -0.4 is 5.32 Å². The third-order valence-electron chi connectivity index (χ3n) is 3.24. The van der Waals surface area contributed by atoms with E-state index in [9.17, 15) is 0 Å². The van der Waals surface area contributed by atoms with Crippen LogP contribution in [0.2, 0.25) is 0 Å². The van der Waals surface area contributed by atoms with Gasteiger partial charge in [0.2, 0.25) is 0 Å². The van der Waals surface area contributed by atoms with Crippen LogP contribution in [0.5, 0.6) is 0 Å². The number of rotatable bonds is 6. The molecule has 0 aromatic carbocycles. The molecular formula is C13H26N2. The number of hydrogen-bond donors (Lipinski definition) is 1. The number of allylic oxidation sites excluding steroid dienone is 1.